The second-order valence-corrected chi connectivity index (χ2v) is 6.93. The minimum Gasteiger partial charge on any atom is -0.496 e. The second-order valence-electron chi connectivity index (χ2n) is 6.50. The maximum atomic E-state index is 6.32. The Kier molecular flexibility index (Phi) is 5.44. The lowest BCUT2D eigenvalue weighted by Crippen LogP contribution is -2.45. The first-order chi connectivity index (χ1) is 11.6. The Hall–Kier alpha value is -1.55. The highest BCUT2D eigenvalue weighted by Crippen LogP contribution is 2.37. The van der Waals surface area contributed by atoms with Crippen LogP contribution >= 0.6 is 11.6 Å². The van der Waals surface area contributed by atoms with Crippen molar-refractivity contribution in [3.63, 3.8) is 0 Å². The number of nitrogens with one attached hydrogen (secondary N) is 1. The summed E-state index contributed by atoms with van der Waals surface area (Å²) in [7, 11) is 1.73. The predicted molar refractivity (Wildman–Crippen MR) is 100 cm³/mol. The first-order valence-corrected chi connectivity index (χ1v) is 8.82. The molecule has 0 amide bonds. The molecule has 4 heteroatoms. The number of ether oxygens (including phenoxy) is 1. The van der Waals surface area contributed by atoms with Crippen LogP contribution in [-0.4, -0.2) is 38.2 Å². The Bertz CT molecular complexity index is 691. The van der Waals surface area contributed by atoms with Crippen molar-refractivity contribution >= 4 is 11.6 Å². The lowest BCUT2D eigenvalue weighted by Gasteiger charge is -2.36. The highest BCUT2D eigenvalue weighted by atomic mass is 35.5. The molecule has 1 heterocycles. The summed E-state index contributed by atoms with van der Waals surface area (Å²) in [6.07, 6.45) is 0. The Morgan fingerprint density at radius 3 is 2.33 bits per heavy atom. The third-order valence-corrected chi connectivity index (χ3v) is 4.80. The standard InChI is InChI=1S/C20H25ClN2O/c1-14-10-15(2)12-16(11-14)20(23-8-6-22-7-9-23)18-13-17(21)4-5-19(18)24-3/h4-5,10-13,20,22H,6-9H2,1-3H3. The molecule has 2 aromatic rings. The second kappa shape index (κ2) is 7.56. The molecule has 3 nitrogen and oxygen atoms in total. The van der Waals surface area contributed by atoms with Crippen LogP contribution < -0.4 is 10.1 Å². The molecule has 0 aromatic heterocycles. The molecule has 1 fully saturated rings. The van der Waals surface area contributed by atoms with Gasteiger partial charge in [0.1, 0.15) is 5.75 Å². The van der Waals surface area contributed by atoms with Gasteiger partial charge in [-0.1, -0.05) is 40.9 Å². The van der Waals surface area contributed by atoms with E-state index < -0.39 is 0 Å². The fourth-order valence-corrected chi connectivity index (χ4v) is 3.79. The van der Waals surface area contributed by atoms with Crippen molar-refractivity contribution < 1.29 is 4.74 Å². The van der Waals surface area contributed by atoms with Crippen molar-refractivity contribution in [2.45, 2.75) is 19.9 Å². The Balaban J connectivity index is 2.13. The van der Waals surface area contributed by atoms with Crippen molar-refractivity contribution in [2.75, 3.05) is 33.3 Å². The highest BCUT2D eigenvalue weighted by molar-refractivity contribution is 6.30. The van der Waals surface area contributed by atoms with E-state index >= 15 is 0 Å². The van der Waals surface area contributed by atoms with Crippen molar-refractivity contribution in [3.8, 4) is 5.75 Å². The number of nitrogens with zero attached hydrogens (tertiary/aromatic N) is 1. The average molecular weight is 345 g/mol. The Labute approximate surface area is 149 Å². The molecule has 24 heavy (non-hydrogen) atoms. The topological polar surface area (TPSA) is 24.5 Å². The fourth-order valence-electron chi connectivity index (χ4n) is 3.61. The first kappa shape index (κ1) is 17.3. The minimum atomic E-state index is 0.152. The summed E-state index contributed by atoms with van der Waals surface area (Å²) >= 11 is 6.32. The number of halogens is 1. The van der Waals surface area contributed by atoms with Crippen molar-refractivity contribution in [3.05, 3.63) is 63.7 Å². The van der Waals surface area contributed by atoms with Crippen LogP contribution in [0.25, 0.3) is 0 Å². The smallest absolute Gasteiger partial charge is 0.124 e. The van der Waals surface area contributed by atoms with E-state index in [9.17, 15) is 0 Å². The molecule has 1 aliphatic rings. The number of hydrogen-bond acceptors (Lipinski definition) is 3. The molecule has 1 unspecified atom stereocenters. The molecule has 0 radical (unpaired) electrons. The van der Waals surface area contributed by atoms with Crippen LogP contribution in [0.15, 0.2) is 36.4 Å². The van der Waals surface area contributed by atoms with Crippen LogP contribution in [0.2, 0.25) is 5.02 Å². The fraction of sp³-hybridized carbons (Fsp3) is 0.400. The molecule has 2 aromatic carbocycles. The predicted octanol–water partition coefficient (Wildman–Crippen LogP) is 3.96. The molecule has 1 atom stereocenters. The molecule has 0 saturated carbocycles. The summed E-state index contributed by atoms with van der Waals surface area (Å²) in [4.78, 5) is 2.51. The van der Waals surface area contributed by atoms with Gasteiger partial charge in [0.2, 0.25) is 0 Å². The Morgan fingerprint density at radius 1 is 1.04 bits per heavy atom. The van der Waals surface area contributed by atoms with Crippen molar-refractivity contribution in [1.29, 1.82) is 0 Å². The zero-order valence-corrected chi connectivity index (χ0v) is 15.4. The van der Waals surface area contributed by atoms with Gasteiger partial charge in [-0.05, 0) is 37.6 Å². The molecule has 0 aliphatic carbocycles. The van der Waals surface area contributed by atoms with Gasteiger partial charge in [-0.15, -0.1) is 0 Å². The van der Waals surface area contributed by atoms with Crippen LogP contribution in [-0.2, 0) is 0 Å². The molecule has 1 aliphatic heterocycles. The van der Waals surface area contributed by atoms with E-state index in [0.717, 1.165) is 42.5 Å². The minimum absolute atomic E-state index is 0.152. The van der Waals surface area contributed by atoms with Gasteiger partial charge in [0, 0.05) is 36.8 Å². The normalized spacial score (nSPS) is 16.8. The van der Waals surface area contributed by atoms with Gasteiger partial charge in [0.05, 0.1) is 13.2 Å². The van der Waals surface area contributed by atoms with E-state index in [1.54, 1.807) is 7.11 Å². The van der Waals surface area contributed by atoms with Crippen LogP contribution in [0.1, 0.15) is 28.3 Å². The zero-order valence-electron chi connectivity index (χ0n) is 14.6. The van der Waals surface area contributed by atoms with E-state index in [2.05, 4.69) is 42.3 Å². The maximum Gasteiger partial charge on any atom is 0.124 e. The van der Waals surface area contributed by atoms with Crippen molar-refractivity contribution in [1.82, 2.24) is 10.2 Å². The van der Waals surface area contributed by atoms with E-state index in [1.165, 1.54) is 16.7 Å². The first-order valence-electron chi connectivity index (χ1n) is 8.45. The summed E-state index contributed by atoms with van der Waals surface area (Å²) in [5.74, 6) is 0.891. The number of rotatable bonds is 4. The summed E-state index contributed by atoms with van der Waals surface area (Å²) in [5, 5.41) is 4.18. The van der Waals surface area contributed by atoms with E-state index in [4.69, 9.17) is 16.3 Å². The van der Waals surface area contributed by atoms with Crippen molar-refractivity contribution in [2.24, 2.45) is 0 Å². The summed E-state index contributed by atoms with van der Waals surface area (Å²) < 4.78 is 5.65. The number of methoxy groups -OCH3 is 1. The maximum absolute atomic E-state index is 6.32. The van der Waals surface area contributed by atoms with Gasteiger partial charge in [0.15, 0.2) is 0 Å². The van der Waals surface area contributed by atoms with E-state index in [1.807, 2.05) is 18.2 Å². The van der Waals surface area contributed by atoms with Crippen LogP contribution in [0.5, 0.6) is 5.75 Å². The van der Waals surface area contributed by atoms with Crippen LogP contribution in [0.4, 0.5) is 0 Å². The largest absolute Gasteiger partial charge is 0.496 e. The molecule has 0 bridgehead atoms. The SMILES string of the molecule is COc1ccc(Cl)cc1C(c1cc(C)cc(C)c1)N1CCNCC1. The third-order valence-electron chi connectivity index (χ3n) is 4.56. The van der Waals surface area contributed by atoms with Gasteiger partial charge in [0.25, 0.3) is 0 Å². The van der Waals surface area contributed by atoms with Gasteiger partial charge < -0.3 is 10.1 Å². The summed E-state index contributed by atoms with van der Waals surface area (Å²) in [6, 6.07) is 12.8. The summed E-state index contributed by atoms with van der Waals surface area (Å²) in [5.41, 5.74) is 5.00. The highest BCUT2D eigenvalue weighted by Gasteiger charge is 2.27. The van der Waals surface area contributed by atoms with E-state index in [-0.39, 0.29) is 6.04 Å². The number of benzene rings is 2. The Morgan fingerprint density at radius 2 is 1.71 bits per heavy atom. The lowest BCUT2D eigenvalue weighted by atomic mass is 9.93. The molecule has 1 saturated heterocycles. The molecular weight excluding hydrogens is 320 g/mol. The van der Waals surface area contributed by atoms with Gasteiger partial charge >= 0.3 is 0 Å². The number of aryl methyl sites for hydroxylation is 2. The van der Waals surface area contributed by atoms with E-state index in [0.29, 0.717) is 0 Å². The number of piperazine rings is 1. The average Bonchev–Trinajstić information content (AvgIpc) is 2.55. The van der Waals surface area contributed by atoms with Gasteiger partial charge in [-0.3, -0.25) is 4.90 Å². The quantitative estimate of drug-likeness (QED) is 0.908. The molecule has 0 spiro atoms. The monoisotopic (exact) mass is 344 g/mol. The molecule has 128 valence electrons. The molecule has 3 rings (SSSR count). The van der Waals surface area contributed by atoms with Gasteiger partial charge in [-0.2, -0.15) is 0 Å². The van der Waals surface area contributed by atoms with Crippen LogP contribution in [0.3, 0.4) is 0 Å². The lowest BCUT2D eigenvalue weighted by molar-refractivity contribution is 0.195. The zero-order chi connectivity index (χ0) is 17.1. The van der Waals surface area contributed by atoms with Gasteiger partial charge in [-0.25, -0.2) is 0 Å². The molecule has 1 N–H and O–H groups in total. The third kappa shape index (κ3) is 3.75. The van der Waals surface area contributed by atoms with Crippen LogP contribution in [0, 0.1) is 13.8 Å². The summed E-state index contributed by atoms with van der Waals surface area (Å²) in [6.45, 7) is 8.33. The number of hydrogen-bond donors (Lipinski definition) is 1. The molecular formula is C20H25ClN2O.